The molecule has 1 heterocycles. The van der Waals surface area contributed by atoms with Crippen molar-refractivity contribution in [3.8, 4) is 6.07 Å². The molecule has 1 saturated heterocycles. The standard InChI is InChI=1S/C13H14N2O/c14-9-11-4-3-5-12(8-11)13(16)10-15-6-1-2-7-15/h3-5,8H,1-2,6-7,10H2. The molecular formula is C13H14N2O. The summed E-state index contributed by atoms with van der Waals surface area (Å²) in [6.45, 7) is 2.52. The van der Waals surface area contributed by atoms with E-state index in [9.17, 15) is 4.79 Å². The van der Waals surface area contributed by atoms with Crippen LogP contribution in [0, 0.1) is 11.3 Å². The number of carbonyl (C=O) groups is 1. The Morgan fingerprint density at radius 3 is 2.81 bits per heavy atom. The fourth-order valence-corrected chi connectivity index (χ4v) is 2.00. The quantitative estimate of drug-likeness (QED) is 0.721. The average molecular weight is 214 g/mol. The lowest BCUT2D eigenvalue weighted by Gasteiger charge is -2.13. The van der Waals surface area contributed by atoms with Crippen molar-refractivity contribution in [3.05, 3.63) is 35.4 Å². The lowest BCUT2D eigenvalue weighted by molar-refractivity contribution is 0.0945. The van der Waals surface area contributed by atoms with Crippen molar-refractivity contribution in [1.82, 2.24) is 4.90 Å². The first kappa shape index (κ1) is 10.8. The van der Waals surface area contributed by atoms with E-state index in [1.54, 1.807) is 24.3 Å². The minimum absolute atomic E-state index is 0.110. The van der Waals surface area contributed by atoms with Crippen LogP contribution in [0.5, 0.6) is 0 Å². The van der Waals surface area contributed by atoms with Gasteiger partial charge < -0.3 is 0 Å². The molecule has 1 aliphatic rings. The number of benzene rings is 1. The van der Waals surface area contributed by atoms with Gasteiger partial charge in [-0.1, -0.05) is 12.1 Å². The Bertz CT molecular complexity index is 428. The Kier molecular flexibility index (Phi) is 3.33. The molecule has 1 aromatic rings. The third kappa shape index (κ3) is 2.47. The van der Waals surface area contributed by atoms with Gasteiger partial charge in [-0.3, -0.25) is 9.69 Å². The average Bonchev–Trinajstić information content (AvgIpc) is 2.82. The number of hydrogen-bond donors (Lipinski definition) is 0. The third-order valence-electron chi connectivity index (χ3n) is 2.88. The maximum absolute atomic E-state index is 11.9. The molecule has 0 aliphatic carbocycles. The Hall–Kier alpha value is -1.66. The molecular weight excluding hydrogens is 200 g/mol. The second kappa shape index (κ2) is 4.91. The predicted octanol–water partition coefficient (Wildman–Crippen LogP) is 1.84. The van der Waals surface area contributed by atoms with Gasteiger partial charge in [0.2, 0.25) is 0 Å². The van der Waals surface area contributed by atoms with Gasteiger partial charge in [0.25, 0.3) is 0 Å². The second-order valence-electron chi connectivity index (χ2n) is 4.10. The SMILES string of the molecule is N#Cc1cccc(C(=O)CN2CCCC2)c1. The van der Waals surface area contributed by atoms with Crippen LogP contribution in [0.2, 0.25) is 0 Å². The summed E-state index contributed by atoms with van der Waals surface area (Å²) in [6, 6.07) is 8.97. The van der Waals surface area contributed by atoms with Gasteiger partial charge >= 0.3 is 0 Å². The molecule has 0 bridgehead atoms. The lowest BCUT2D eigenvalue weighted by atomic mass is 10.1. The van der Waals surface area contributed by atoms with Crippen molar-refractivity contribution >= 4 is 5.78 Å². The summed E-state index contributed by atoms with van der Waals surface area (Å²) in [4.78, 5) is 14.1. The number of ketones is 1. The molecule has 82 valence electrons. The van der Waals surface area contributed by atoms with E-state index in [4.69, 9.17) is 5.26 Å². The Labute approximate surface area is 95.3 Å². The maximum Gasteiger partial charge on any atom is 0.176 e. The highest BCUT2D eigenvalue weighted by molar-refractivity contribution is 5.97. The maximum atomic E-state index is 11.9. The Morgan fingerprint density at radius 1 is 1.38 bits per heavy atom. The third-order valence-corrected chi connectivity index (χ3v) is 2.88. The van der Waals surface area contributed by atoms with Gasteiger partial charge in [0.05, 0.1) is 18.2 Å². The molecule has 0 aromatic heterocycles. The zero-order chi connectivity index (χ0) is 11.4. The van der Waals surface area contributed by atoms with Gasteiger partial charge in [-0.2, -0.15) is 5.26 Å². The van der Waals surface area contributed by atoms with Crippen molar-refractivity contribution in [2.75, 3.05) is 19.6 Å². The first-order valence-electron chi connectivity index (χ1n) is 5.55. The lowest BCUT2D eigenvalue weighted by Crippen LogP contribution is -2.26. The molecule has 3 heteroatoms. The topological polar surface area (TPSA) is 44.1 Å². The van der Waals surface area contributed by atoms with E-state index in [1.165, 1.54) is 12.8 Å². The number of nitrogens with zero attached hydrogens (tertiary/aromatic N) is 2. The van der Waals surface area contributed by atoms with Crippen LogP contribution in [0.1, 0.15) is 28.8 Å². The van der Waals surface area contributed by atoms with E-state index in [-0.39, 0.29) is 5.78 Å². The van der Waals surface area contributed by atoms with Crippen LogP contribution in [-0.2, 0) is 0 Å². The summed E-state index contributed by atoms with van der Waals surface area (Å²) in [5.41, 5.74) is 1.19. The minimum Gasteiger partial charge on any atom is -0.296 e. The molecule has 1 aromatic carbocycles. The molecule has 16 heavy (non-hydrogen) atoms. The van der Waals surface area contributed by atoms with E-state index in [0.29, 0.717) is 17.7 Å². The van der Waals surface area contributed by atoms with Gasteiger partial charge in [-0.05, 0) is 38.1 Å². The van der Waals surface area contributed by atoms with Crippen LogP contribution in [0.15, 0.2) is 24.3 Å². The molecule has 1 aliphatic heterocycles. The highest BCUT2D eigenvalue weighted by Crippen LogP contribution is 2.10. The molecule has 0 spiro atoms. The number of rotatable bonds is 3. The van der Waals surface area contributed by atoms with Crippen molar-refractivity contribution < 1.29 is 4.79 Å². The summed E-state index contributed by atoms with van der Waals surface area (Å²) < 4.78 is 0. The van der Waals surface area contributed by atoms with Crippen LogP contribution in [0.3, 0.4) is 0 Å². The number of nitriles is 1. The largest absolute Gasteiger partial charge is 0.296 e. The van der Waals surface area contributed by atoms with E-state index in [2.05, 4.69) is 11.0 Å². The Morgan fingerprint density at radius 2 is 2.12 bits per heavy atom. The van der Waals surface area contributed by atoms with E-state index in [0.717, 1.165) is 13.1 Å². The number of Topliss-reactive ketones (excluding diaryl/α,β-unsaturated/α-hetero) is 1. The zero-order valence-corrected chi connectivity index (χ0v) is 9.15. The van der Waals surface area contributed by atoms with Gasteiger partial charge in [-0.25, -0.2) is 0 Å². The van der Waals surface area contributed by atoms with Crippen LogP contribution >= 0.6 is 0 Å². The smallest absolute Gasteiger partial charge is 0.176 e. The summed E-state index contributed by atoms with van der Waals surface area (Å²) in [6.07, 6.45) is 2.37. The first-order chi connectivity index (χ1) is 7.79. The fraction of sp³-hybridized carbons (Fsp3) is 0.385. The summed E-state index contributed by atoms with van der Waals surface area (Å²) in [7, 11) is 0. The molecule has 0 radical (unpaired) electrons. The van der Waals surface area contributed by atoms with Gasteiger partial charge in [-0.15, -0.1) is 0 Å². The minimum atomic E-state index is 0.110. The Balaban J connectivity index is 2.05. The van der Waals surface area contributed by atoms with E-state index < -0.39 is 0 Å². The monoisotopic (exact) mass is 214 g/mol. The van der Waals surface area contributed by atoms with Crippen molar-refractivity contribution in [2.24, 2.45) is 0 Å². The predicted molar refractivity (Wildman–Crippen MR) is 61.2 cm³/mol. The van der Waals surface area contributed by atoms with Crippen molar-refractivity contribution in [3.63, 3.8) is 0 Å². The van der Waals surface area contributed by atoms with E-state index in [1.807, 2.05) is 0 Å². The molecule has 0 amide bonds. The molecule has 3 nitrogen and oxygen atoms in total. The molecule has 2 rings (SSSR count). The molecule has 0 atom stereocenters. The molecule has 0 N–H and O–H groups in total. The second-order valence-corrected chi connectivity index (χ2v) is 4.10. The van der Waals surface area contributed by atoms with Crippen LogP contribution in [0.4, 0.5) is 0 Å². The summed E-state index contributed by atoms with van der Waals surface area (Å²) in [5.74, 6) is 0.110. The van der Waals surface area contributed by atoms with Crippen LogP contribution < -0.4 is 0 Å². The normalized spacial score (nSPS) is 15.9. The number of carbonyl (C=O) groups excluding carboxylic acids is 1. The number of likely N-dealkylation sites (tertiary alicyclic amines) is 1. The number of hydrogen-bond acceptors (Lipinski definition) is 3. The summed E-state index contributed by atoms with van der Waals surface area (Å²) >= 11 is 0. The van der Waals surface area contributed by atoms with Gasteiger partial charge in [0.15, 0.2) is 5.78 Å². The van der Waals surface area contributed by atoms with Crippen LogP contribution in [-0.4, -0.2) is 30.3 Å². The van der Waals surface area contributed by atoms with Crippen molar-refractivity contribution in [1.29, 1.82) is 5.26 Å². The molecule has 0 saturated carbocycles. The highest BCUT2D eigenvalue weighted by atomic mass is 16.1. The van der Waals surface area contributed by atoms with E-state index >= 15 is 0 Å². The zero-order valence-electron chi connectivity index (χ0n) is 9.15. The molecule has 1 fully saturated rings. The van der Waals surface area contributed by atoms with Crippen molar-refractivity contribution in [2.45, 2.75) is 12.8 Å². The van der Waals surface area contributed by atoms with Gasteiger partial charge in [0, 0.05) is 5.56 Å². The first-order valence-corrected chi connectivity index (χ1v) is 5.55. The summed E-state index contributed by atoms with van der Waals surface area (Å²) in [5, 5.41) is 8.76. The van der Waals surface area contributed by atoms with Crippen LogP contribution in [0.25, 0.3) is 0 Å². The molecule has 0 unspecified atom stereocenters. The van der Waals surface area contributed by atoms with Gasteiger partial charge in [0.1, 0.15) is 0 Å². The highest BCUT2D eigenvalue weighted by Gasteiger charge is 2.16. The fourth-order valence-electron chi connectivity index (χ4n) is 2.00.